The molecule has 2 amide bonds. The monoisotopic (exact) mass is 681 g/mol. The summed E-state index contributed by atoms with van der Waals surface area (Å²) in [5, 5.41) is 9.17. The van der Waals surface area contributed by atoms with Gasteiger partial charge in [0.1, 0.15) is 6.04 Å². The number of aryl methyl sites for hydroxylation is 2. The highest BCUT2D eigenvalue weighted by atomic mass is 16.5. The summed E-state index contributed by atoms with van der Waals surface area (Å²) in [5.74, 6) is 0.721. The Kier molecular flexibility index (Phi) is 10.9. The van der Waals surface area contributed by atoms with Crippen molar-refractivity contribution in [2.75, 3.05) is 32.0 Å². The van der Waals surface area contributed by atoms with E-state index >= 15 is 0 Å². The van der Waals surface area contributed by atoms with Crippen LogP contribution in [0.25, 0.3) is 11.1 Å². The molecule has 0 saturated heterocycles. The van der Waals surface area contributed by atoms with Gasteiger partial charge in [-0.3, -0.25) is 19.2 Å². The average Bonchev–Trinajstić information content (AvgIpc) is 3.41. The molecule has 0 bridgehead atoms. The van der Waals surface area contributed by atoms with Gasteiger partial charge in [0.05, 0.1) is 33.1 Å². The standard InChI is InChI=1S/C38H43N5O7/c1-8-21(2)33(38(47)41-25-12-9-23(10-13-25)34(46)37-39-17-18-43(37)4)42-29-16-14-26-27(20-30(29)45)28(40-22(3)44)15-11-24-19-31(48-5)35(49-6)36(50-7)32(24)26/h9-10,12-14,16-21,28,33H,8,11,15H2,1-7H3,(H,40,44)(H,41,47)(H,42,45). The van der Waals surface area contributed by atoms with Crippen molar-refractivity contribution in [2.45, 2.75) is 52.1 Å². The number of benzene rings is 2. The summed E-state index contributed by atoms with van der Waals surface area (Å²) in [6.07, 6.45) is 5.01. The van der Waals surface area contributed by atoms with Gasteiger partial charge in [-0.1, -0.05) is 26.3 Å². The normalized spacial score (nSPS) is 14.6. The number of aromatic nitrogens is 2. The first kappa shape index (κ1) is 35.7. The number of nitrogens with one attached hydrogen (secondary N) is 3. The molecule has 4 aromatic rings. The minimum absolute atomic E-state index is 0.160. The Morgan fingerprint density at radius 3 is 2.32 bits per heavy atom. The molecule has 3 N–H and O–H groups in total. The third-order valence-corrected chi connectivity index (χ3v) is 9.16. The third kappa shape index (κ3) is 7.19. The van der Waals surface area contributed by atoms with Crippen molar-refractivity contribution in [2.24, 2.45) is 13.0 Å². The minimum atomic E-state index is -0.777. The summed E-state index contributed by atoms with van der Waals surface area (Å²) >= 11 is 0. The molecule has 0 fully saturated rings. The van der Waals surface area contributed by atoms with Crippen molar-refractivity contribution in [1.82, 2.24) is 14.9 Å². The van der Waals surface area contributed by atoms with Gasteiger partial charge in [-0.25, -0.2) is 4.98 Å². The van der Waals surface area contributed by atoms with Crippen LogP contribution in [0.4, 0.5) is 11.4 Å². The van der Waals surface area contributed by atoms with Crippen LogP contribution in [-0.4, -0.2) is 54.5 Å². The molecule has 1 aliphatic carbocycles. The molecule has 3 unspecified atom stereocenters. The molecule has 1 aromatic heterocycles. The largest absolute Gasteiger partial charge is 0.493 e. The molecule has 50 heavy (non-hydrogen) atoms. The molecule has 5 rings (SSSR count). The lowest BCUT2D eigenvalue weighted by Crippen LogP contribution is -2.40. The highest BCUT2D eigenvalue weighted by Gasteiger charge is 2.30. The Bertz CT molecular complexity index is 1970. The topological polar surface area (TPSA) is 150 Å². The van der Waals surface area contributed by atoms with Crippen LogP contribution in [0, 0.1) is 5.92 Å². The van der Waals surface area contributed by atoms with E-state index in [1.54, 1.807) is 68.6 Å². The van der Waals surface area contributed by atoms with Crippen LogP contribution in [0.2, 0.25) is 0 Å². The first-order valence-electron chi connectivity index (χ1n) is 16.5. The lowest BCUT2D eigenvalue weighted by Gasteiger charge is -2.24. The molecule has 0 saturated carbocycles. The van der Waals surface area contributed by atoms with E-state index in [1.807, 2.05) is 26.0 Å². The van der Waals surface area contributed by atoms with Crippen LogP contribution in [0.15, 0.2) is 65.7 Å². The van der Waals surface area contributed by atoms with Crippen LogP contribution < -0.4 is 35.6 Å². The summed E-state index contributed by atoms with van der Waals surface area (Å²) in [6, 6.07) is 12.3. The van der Waals surface area contributed by atoms with Crippen molar-refractivity contribution in [3.63, 3.8) is 0 Å². The van der Waals surface area contributed by atoms with Gasteiger partial charge >= 0.3 is 0 Å². The Morgan fingerprint density at radius 2 is 1.72 bits per heavy atom. The van der Waals surface area contributed by atoms with Gasteiger partial charge in [-0.2, -0.15) is 0 Å². The van der Waals surface area contributed by atoms with E-state index in [2.05, 4.69) is 20.9 Å². The number of hydrogen-bond donors (Lipinski definition) is 3. The van der Waals surface area contributed by atoms with Crippen molar-refractivity contribution in [1.29, 1.82) is 0 Å². The maximum absolute atomic E-state index is 14.0. The number of imidazole rings is 1. The molecule has 3 aromatic carbocycles. The van der Waals surface area contributed by atoms with Crippen molar-refractivity contribution in [3.8, 4) is 28.4 Å². The van der Waals surface area contributed by atoms with E-state index < -0.39 is 12.1 Å². The number of amides is 2. The highest BCUT2D eigenvalue weighted by molar-refractivity contribution is 6.07. The Balaban J connectivity index is 1.51. The molecule has 1 aliphatic rings. The molecule has 0 radical (unpaired) electrons. The number of ketones is 1. The van der Waals surface area contributed by atoms with Crippen LogP contribution in [-0.2, 0) is 23.1 Å². The molecule has 12 nitrogen and oxygen atoms in total. The number of fused-ring (bicyclic) bond motifs is 3. The van der Waals surface area contributed by atoms with Gasteiger partial charge in [0.2, 0.25) is 28.8 Å². The van der Waals surface area contributed by atoms with Crippen molar-refractivity contribution < 1.29 is 28.6 Å². The zero-order valence-corrected chi connectivity index (χ0v) is 29.4. The smallest absolute Gasteiger partial charge is 0.247 e. The maximum Gasteiger partial charge on any atom is 0.247 e. The van der Waals surface area contributed by atoms with Gasteiger partial charge < -0.3 is 34.7 Å². The van der Waals surface area contributed by atoms with Gasteiger partial charge in [0, 0.05) is 43.2 Å². The Morgan fingerprint density at radius 1 is 1.00 bits per heavy atom. The van der Waals surface area contributed by atoms with Crippen LogP contribution in [0.3, 0.4) is 0 Å². The van der Waals surface area contributed by atoms with E-state index in [0.29, 0.717) is 64.7 Å². The second kappa shape index (κ2) is 15.3. The quantitative estimate of drug-likeness (QED) is 0.170. The molecule has 0 aliphatic heterocycles. The first-order chi connectivity index (χ1) is 24.0. The second-order valence-electron chi connectivity index (χ2n) is 12.4. The first-order valence-corrected chi connectivity index (χ1v) is 16.5. The summed E-state index contributed by atoms with van der Waals surface area (Å²) in [5.41, 5.74) is 3.76. The fourth-order valence-electron chi connectivity index (χ4n) is 6.33. The van der Waals surface area contributed by atoms with Crippen LogP contribution in [0.5, 0.6) is 17.2 Å². The van der Waals surface area contributed by atoms with Crippen LogP contribution >= 0.6 is 0 Å². The van der Waals surface area contributed by atoms with Crippen molar-refractivity contribution >= 4 is 29.0 Å². The summed E-state index contributed by atoms with van der Waals surface area (Å²) in [4.78, 5) is 57.0. The number of anilines is 2. The van der Waals surface area contributed by atoms with Gasteiger partial charge in [0.25, 0.3) is 0 Å². The number of carbonyl (C=O) groups excluding carboxylic acids is 3. The highest BCUT2D eigenvalue weighted by Crippen LogP contribution is 2.50. The number of nitrogens with zero attached hydrogens (tertiary/aromatic N) is 2. The average molecular weight is 682 g/mol. The van der Waals surface area contributed by atoms with Crippen molar-refractivity contribution in [3.05, 3.63) is 93.7 Å². The predicted molar refractivity (Wildman–Crippen MR) is 191 cm³/mol. The second-order valence-corrected chi connectivity index (χ2v) is 12.4. The Hall–Kier alpha value is -5.65. The number of ether oxygens (including phenoxy) is 3. The molecule has 262 valence electrons. The lowest BCUT2D eigenvalue weighted by molar-refractivity contribution is -0.120. The summed E-state index contributed by atoms with van der Waals surface area (Å²) < 4.78 is 18.8. The zero-order valence-electron chi connectivity index (χ0n) is 29.4. The fraction of sp³-hybridized carbons (Fsp3) is 0.342. The molecular weight excluding hydrogens is 638 g/mol. The van der Waals surface area contributed by atoms with E-state index in [1.165, 1.54) is 20.1 Å². The lowest BCUT2D eigenvalue weighted by atomic mass is 9.95. The maximum atomic E-state index is 14.0. The zero-order chi connectivity index (χ0) is 36.1. The van der Waals surface area contributed by atoms with E-state index in [0.717, 1.165) is 11.1 Å². The van der Waals surface area contributed by atoms with E-state index in [4.69, 9.17) is 14.2 Å². The van der Waals surface area contributed by atoms with Gasteiger partial charge in [0.15, 0.2) is 17.3 Å². The van der Waals surface area contributed by atoms with Gasteiger partial charge in [-0.15, -0.1) is 0 Å². The molecule has 12 heteroatoms. The molecule has 0 spiro atoms. The summed E-state index contributed by atoms with van der Waals surface area (Å²) in [6.45, 7) is 5.35. The number of carbonyl (C=O) groups is 3. The predicted octanol–water partition coefficient (Wildman–Crippen LogP) is 5.29. The molecular formula is C38H43N5O7. The number of methoxy groups -OCH3 is 3. The fourth-order valence-corrected chi connectivity index (χ4v) is 6.33. The van der Waals surface area contributed by atoms with E-state index in [9.17, 15) is 19.2 Å². The minimum Gasteiger partial charge on any atom is -0.493 e. The van der Waals surface area contributed by atoms with E-state index in [-0.39, 0.29) is 34.6 Å². The van der Waals surface area contributed by atoms with Gasteiger partial charge in [-0.05, 0) is 77.9 Å². The Labute approximate surface area is 291 Å². The number of rotatable bonds is 12. The SMILES string of the molecule is CCC(C)C(Nc1ccc2c(cc1=O)C(NC(C)=O)CCc1cc(OC)c(OC)c(OC)c1-2)C(=O)Nc1ccc(C(=O)c2nccn2C)cc1. The van der Waals surface area contributed by atoms with Crippen LogP contribution in [0.1, 0.15) is 67.0 Å². The molecule has 1 heterocycles. The number of hydrogen-bond acceptors (Lipinski definition) is 9. The molecule has 3 atom stereocenters. The third-order valence-electron chi connectivity index (χ3n) is 9.16. The summed E-state index contributed by atoms with van der Waals surface area (Å²) in [7, 11) is 6.38.